The highest BCUT2D eigenvalue weighted by molar-refractivity contribution is 6.01. The molecule has 21 heavy (non-hydrogen) atoms. The normalized spacial score (nSPS) is 13.7. The maximum Gasteiger partial charge on any atom is 0.324 e. The second kappa shape index (κ2) is 6.77. The molecule has 110 valence electrons. The van der Waals surface area contributed by atoms with Crippen LogP contribution in [0.2, 0.25) is 0 Å². The number of aliphatic hydroxyl groups is 1. The van der Waals surface area contributed by atoms with Crippen molar-refractivity contribution in [3.8, 4) is 17.6 Å². The van der Waals surface area contributed by atoms with Crippen molar-refractivity contribution in [2.45, 2.75) is 13.0 Å². The average molecular weight is 288 g/mol. The topological polar surface area (TPSA) is 78.9 Å². The molecule has 2 rings (SSSR count). The van der Waals surface area contributed by atoms with Crippen LogP contribution in [0.15, 0.2) is 18.2 Å². The number of urea groups is 1. The third-order valence-corrected chi connectivity index (χ3v) is 3.02. The van der Waals surface area contributed by atoms with Gasteiger partial charge in [0.05, 0.1) is 26.8 Å². The lowest BCUT2D eigenvalue weighted by Crippen LogP contribution is -2.30. The van der Waals surface area contributed by atoms with Crippen LogP contribution in [0.3, 0.4) is 0 Å². The van der Waals surface area contributed by atoms with Gasteiger partial charge in [-0.25, -0.2) is 4.79 Å². The van der Waals surface area contributed by atoms with Crippen molar-refractivity contribution < 1.29 is 19.4 Å². The highest BCUT2D eigenvalue weighted by Gasteiger charge is 2.29. The number of carbonyl (C=O) groups is 2. The third kappa shape index (κ3) is 3.52. The minimum absolute atomic E-state index is 0.0124. The lowest BCUT2D eigenvalue weighted by Gasteiger charge is -2.15. The monoisotopic (exact) mass is 288 g/mol. The lowest BCUT2D eigenvalue weighted by atomic mass is 10.1. The smallest absolute Gasteiger partial charge is 0.324 e. The van der Waals surface area contributed by atoms with Gasteiger partial charge in [-0.15, -0.1) is 0 Å². The first-order valence-corrected chi connectivity index (χ1v) is 6.50. The van der Waals surface area contributed by atoms with E-state index in [0.717, 1.165) is 10.5 Å². The Balaban J connectivity index is 2.24. The van der Waals surface area contributed by atoms with Gasteiger partial charge in [-0.3, -0.25) is 9.69 Å². The van der Waals surface area contributed by atoms with E-state index in [-0.39, 0.29) is 25.6 Å². The third-order valence-electron chi connectivity index (χ3n) is 3.02. The molecular weight excluding hydrogens is 272 g/mol. The largest absolute Gasteiger partial charge is 0.496 e. The number of rotatable bonds is 4. The van der Waals surface area contributed by atoms with Crippen LogP contribution in [0.25, 0.3) is 0 Å². The summed E-state index contributed by atoms with van der Waals surface area (Å²) in [5.74, 6) is 6.07. The van der Waals surface area contributed by atoms with Crippen molar-refractivity contribution in [2.24, 2.45) is 0 Å². The van der Waals surface area contributed by atoms with Gasteiger partial charge in [0.1, 0.15) is 5.75 Å². The molecule has 6 nitrogen and oxygen atoms in total. The molecule has 1 fully saturated rings. The summed E-state index contributed by atoms with van der Waals surface area (Å²) in [6.45, 7) is 0.180. The summed E-state index contributed by atoms with van der Waals surface area (Å²) in [4.78, 5) is 24.4. The van der Waals surface area contributed by atoms with Crippen LogP contribution in [-0.2, 0) is 11.3 Å². The number of amides is 3. The second-order valence-corrected chi connectivity index (χ2v) is 4.44. The summed E-state index contributed by atoms with van der Waals surface area (Å²) in [6, 6.07) is 4.91. The molecule has 0 atom stereocenters. The number of methoxy groups -OCH3 is 1. The standard InChI is InChI=1S/C15H16N2O4/c1-21-13-6-5-11(4-2-3-7-18)8-12(13)10-17-14(19)9-16-15(17)20/h5-6,8,18H,3,7,9-10H2,1H3,(H,16,20). The van der Waals surface area contributed by atoms with Gasteiger partial charge in [0.25, 0.3) is 0 Å². The Morgan fingerprint density at radius 2 is 2.24 bits per heavy atom. The Morgan fingerprint density at radius 1 is 1.43 bits per heavy atom. The van der Waals surface area contributed by atoms with E-state index in [1.807, 2.05) is 0 Å². The predicted octanol–water partition coefficient (Wildman–Crippen LogP) is 0.481. The molecule has 0 spiro atoms. The molecule has 1 heterocycles. The van der Waals surface area contributed by atoms with E-state index >= 15 is 0 Å². The summed E-state index contributed by atoms with van der Waals surface area (Å²) < 4.78 is 5.25. The van der Waals surface area contributed by atoms with Gasteiger partial charge < -0.3 is 15.2 Å². The van der Waals surface area contributed by atoms with Crippen LogP contribution >= 0.6 is 0 Å². The molecule has 1 aliphatic heterocycles. The maximum absolute atomic E-state index is 11.6. The number of carbonyl (C=O) groups excluding carboxylic acids is 2. The van der Waals surface area contributed by atoms with Crippen molar-refractivity contribution >= 4 is 11.9 Å². The first kappa shape index (κ1) is 14.9. The van der Waals surface area contributed by atoms with Crippen molar-refractivity contribution in [3.63, 3.8) is 0 Å². The molecule has 0 radical (unpaired) electrons. The molecule has 1 aromatic carbocycles. The van der Waals surface area contributed by atoms with E-state index in [4.69, 9.17) is 9.84 Å². The number of hydrogen-bond donors (Lipinski definition) is 2. The highest BCUT2D eigenvalue weighted by atomic mass is 16.5. The zero-order chi connectivity index (χ0) is 15.2. The van der Waals surface area contributed by atoms with Crippen LogP contribution < -0.4 is 10.1 Å². The van der Waals surface area contributed by atoms with E-state index in [1.54, 1.807) is 18.2 Å². The molecule has 0 bridgehead atoms. The van der Waals surface area contributed by atoms with Crippen LogP contribution in [0, 0.1) is 11.8 Å². The molecule has 0 aromatic heterocycles. The molecule has 0 aliphatic carbocycles. The number of hydrogen-bond acceptors (Lipinski definition) is 4. The molecule has 3 amide bonds. The fraction of sp³-hybridized carbons (Fsp3) is 0.333. The number of imide groups is 1. The number of nitrogens with one attached hydrogen (secondary N) is 1. The number of ether oxygens (including phenoxy) is 1. The SMILES string of the molecule is COc1ccc(C#CCCO)cc1CN1C(=O)CNC1=O. The summed E-state index contributed by atoms with van der Waals surface area (Å²) in [5.41, 5.74) is 1.45. The molecule has 2 N–H and O–H groups in total. The zero-order valence-electron chi connectivity index (χ0n) is 11.7. The van der Waals surface area contributed by atoms with Crippen molar-refractivity contribution in [1.82, 2.24) is 10.2 Å². The molecule has 1 aliphatic rings. The van der Waals surface area contributed by atoms with Gasteiger partial charge in [0, 0.05) is 17.5 Å². The van der Waals surface area contributed by atoms with E-state index in [1.165, 1.54) is 7.11 Å². The first-order chi connectivity index (χ1) is 10.2. The van der Waals surface area contributed by atoms with Crippen molar-refractivity contribution in [1.29, 1.82) is 0 Å². The van der Waals surface area contributed by atoms with E-state index < -0.39 is 6.03 Å². The van der Waals surface area contributed by atoms with E-state index in [0.29, 0.717) is 17.7 Å². The Kier molecular flexibility index (Phi) is 4.80. The Morgan fingerprint density at radius 3 is 2.86 bits per heavy atom. The molecule has 1 saturated heterocycles. The summed E-state index contributed by atoms with van der Waals surface area (Å²) in [5, 5.41) is 11.2. The minimum Gasteiger partial charge on any atom is -0.496 e. The molecule has 0 saturated carbocycles. The summed E-state index contributed by atoms with van der Waals surface area (Å²) in [7, 11) is 1.53. The molecule has 0 unspecified atom stereocenters. The molecular formula is C15H16N2O4. The summed E-state index contributed by atoms with van der Waals surface area (Å²) in [6.07, 6.45) is 0.397. The van der Waals surface area contributed by atoms with Crippen LogP contribution in [-0.4, -0.2) is 42.2 Å². The quantitative estimate of drug-likeness (QED) is 0.624. The number of aliphatic hydroxyl groups excluding tert-OH is 1. The zero-order valence-corrected chi connectivity index (χ0v) is 11.7. The van der Waals surface area contributed by atoms with Gasteiger partial charge in [-0.1, -0.05) is 11.8 Å². The fourth-order valence-electron chi connectivity index (χ4n) is 1.99. The van der Waals surface area contributed by atoms with Gasteiger partial charge in [-0.05, 0) is 18.2 Å². The average Bonchev–Trinajstić information content (AvgIpc) is 2.80. The van der Waals surface area contributed by atoms with E-state index in [9.17, 15) is 9.59 Å². The number of benzene rings is 1. The van der Waals surface area contributed by atoms with Gasteiger partial charge in [0.2, 0.25) is 5.91 Å². The Bertz CT molecular complexity index is 600. The fourth-order valence-corrected chi connectivity index (χ4v) is 1.99. The number of nitrogens with zero attached hydrogens (tertiary/aromatic N) is 1. The van der Waals surface area contributed by atoms with Crippen LogP contribution in [0.5, 0.6) is 5.75 Å². The first-order valence-electron chi connectivity index (χ1n) is 6.50. The highest BCUT2D eigenvalue weighted by Crippen LogP contribution is 2.22. The van der Waals surface area contributed by atoms with Crippen LogP contribution in [0.1, 0.15) is 17.5 Å². The van der Waals surface area contributed by atoms with Crippen molar-refractivity contribution in [2.75, 3.05) is 20.3 Å². The van der Waals surface area contributed by atoms with E-state index in [2.05, 4.69) is 17.2 Å². The maximum atomic E-state index is 11.6. The summed E-state index contributed by atoms with van der Waals surface area (Å²) >= 11 is 0. The van der Waals surface area contributed by atoms with Gasteiger partial charge in [0.15, 0.2) is 0 Å². The molecule has 1 aromatic rings. The Labute approximate surface area is 122 Å². The van der Waals surface area contributed by atoms with Gasteiger partial charge in [-0.2, -0.15) is 0 Å². The minimum atomic E-state index is -0.404. The van der Waals surface area contributed by atoms with Crippen LogP contribution in [0.4, 0.5) is 4.79 Å². The van der Waals surface area contributed by atoms with Crippen molar-refractivity contribution in [3.05, 3.63) is 29.3 Å². The molecule has 6 heteroatoms. The van der Waals surface area contributed by atoms with Gasteiger partial charge >= 0.3 is 6.03 Å². The predicted molar refractivity (Wildman–Crippen MR) is 75.5 cm³/mol. The Hall–Kier alpha value is -2.52. The second-order valence-electron chi connectivity index (χ2n) is 4.44. The lowest BCUT2D eigenvalue weighted by molar-refractivity contribution is -0.125.